The standard InChI is InChI=1S/C14H20O2/c1-9-5-6-10(14(2,3)4)13-12(9)11(15)7-8-16-13/h5-6,11,15H,7-8H2,1-4H3. The summed E-state index contributed by atoms with van der Waals surface area (Å²) in [5.74, 6) is 0.909. The summed E-state index contributed by atoms with van der Waals surface area (Å²) in [6.07, 6.45) is 0.326. The van der Waals surface area contributed by atoms with Crippen LogP contribution in [0.25, 0.3) is 0 Å². The first-order chi connectivity index (χ1) is 7.41. The molecule has 0 spiro atoms. The van der Waals surface area contributed by atoms with Crippen molar-refractivity contribution in [3.8, 4) is 5.75 Å². The van der Waals surface area contributed by atoms with E-state index in [0.29, 0.717) is 13.0 Å². The number of hydrogen-bond acceptors (Lipinski definition) is 2. The normalized spacial score (nSPS) is 20.2. The molecule has 0 saturated carbocycles. The molecule has 1 aromatic rings. The maximum atomic E-state index is 10.1. The van der Waals surface area contributed by atoms with E-state index in [1.54, 1.807) is 0 Å². The van der Waals surface area contributed by atoms with E-state index in [4.69, 9.17) is 4.74 Å². The first-order valence-corrected chi connectivity index (χ1v) is 5.86. The zero-order valence-electron chi connectivity index (χ0n) is 10.5. The van der Waals surface area contributed by atoms with Gasteiger partial charge in [-0.15, -0.1) is 0 Å². The first-order valence-electron chi connectivity index (χ1n) is 5.86. The highest BCUT2D eigenvalue weighted by atomic mass is 16.5. The van der Waals surface area contributed by atoms with Gasteiger partial charge in [-0.05, 0) is 23.5 Å². The van der Waals surface area contributed by atoms with Crippen LogP contribution in [-0.4, -0.2) is 11.7 Å². The van der Waals surface area contributed by atoms with Crippen LogP contribution in [0.3, 0.4) is 0 Å². The Kier molecular flexibility index (Phi) is 2.70. The zero-order valence-corrected chi connectivity index (χ0v) is 10.5. The Labute approximate surface area is 97.3 Å². The molecule has 1 unspecified atom stereocenters. The molecule has 1 heterocycles. The van der Waals surface area contributed by atoms with Crippen molar-refractivity contribution in [3.63, 3.8) is 0 Å². The topological polar surface area (TPSA) is 29.5 Å². The number of aliphatic hydroxyl groups is 1. The molecule has 2 nitrogen and oxygen atoms in total. The summed E-state index contributed by atoms with van der Waals surface area (Å²) in [5, 5.41) is 10.1. The number of ether oxygens (including phenoxy) is 1. The first kappa shape index (κ1) is 11.5. The molecule has 1 aliphatic rings. The molecule has 0 radical (unpaired) electrons. The summed E-state index contributed by atoms with van der Waals surface area (Å²) in [6.45, 7) is 9.15. The minimum absolute atomic E-state index is 0.0504. The molecule has 1 aromatic carbocycles. The molecule has 0 saturated heterocycles. The number of fused-ring (bicyclic) bond motifs is 1. The Morgan fingerprint density at radius 2 is 2.00 bits per heavy atom. The van der Waals surface area contributed by atoms with Crippen LogP contribution in [0, 0.1) is 6.92 Å². The maximum Gasteiger partial charge on any atom is 0.129 e. The van der Waals surface area contributed by atoms with Crippen molar-refractivity contribution >= 4 is 0 Å². The average molecular weight is 220 g/mol. The fourth-order valence-corrected chi connectivity index (χ4v) is 2.28. The lowest BCUT2D eigenvalue weighted by atomic mass is 9.82. The predicted octanol–water partition coefficient (Wildman–Crippen LogP) is 3.11. The van der Waals surface area contributed by atoms with Gasteiger partial charge in [0, 0.05) is 12.0 Å². The number of hydrogen-bond donors (Lipinski definition) is 1. The summed E-state index contributed by atoms with van der Waals surface area (Å²) in [5.41, 5.74) is 3.34. The Bertz CT molecular complexity index is 402. The second-order valence-electron chi connectivity index (χ2n) is 5.58. The third-order valence-electron chi connectivity index (χ3n) is 3.19. The van der Waals surface area contributed by atoms with Crippen molar-refractivity contribution < 1.29 is 9.84 Å². The van der Waals surface area contributed by atoms with Gasteiger partial charge >= 0.3 is 0 Å². The molecule has 16 heavy (non-hydrogen) atoms. The van der Waals surface area contributed by atoms with Crippen LogP contribution in [0.4, 0.5) is 0 Å². The number of aliphatic hydroxyl groups excluding tert-OH is 1. The molecule has 2 heteroatoms. The van der Waals surface area contributed by atoms with Gasteiger partial charge in [0.25, 0.3) is 0 Å². The van der Waals surface area contributed by atoms with Crippen LogP contribution in [0.2, 0.25) is 0 Å². The Morgan fingerprint density at radius 3 is 2.62 bits per heavy atom. The lowest BCUT2D eigenvalue weighted by molar-refractivity contribution is 0.113. The van der Waals surface area contributed by atoms with E-state index in [1.807, 2.05) is 6.92 Å². The van der Waals surface area contributed by atoms with E-state index in [1.165, 1.54) is 5.56 Å². The van der Waals surface area contributed by atoms with E-state index in [2.05, 4.69) is 32.9 Å². The lowest BCUT2D eigenvalue weighted by Crippen LogP contribution is -2.21. The largest absolute Gasteiger partial charge is 0.493 e. The lowest BCUT2D eigenvalue weighted by Gasteiger charge is -2.30. The van der Waals surface area contributed by atoms with Gasteiger partial charge in [0.1, 0.15) is 5.75 Å². The van der Waals surface area contributed by atoms with Crippen molar-refractivity contribution in [2.75, 3.05) is 6.61 Å². The molecule has 1 aliphatic heterocycles. The number of benzene rings is 1. The average Bonchev–Trinajstić information content (AvgIpc) is 2.16. The molecule has 0 amide bonds. The Morgan fingerprint density at radius 1 is 1.31 bits per heavy atom. The van der Waals surface area contributed by atoms with E-state index in [-0.39, 0.29) is 11.5 Å². The van der Waals surface area contributed by atoms with Crippen LogP contribution < -0.4 is 4.74 Å². The van der Waals surface area contributed by atoms with Crippen molar-refractivity contribution in [3.05, 3.63) is 28.8 Å². The van der Waals surface area contributed by atoms with Gasteiger partial charge in [0.15, 0.2) is 0 Å². The van der Waals surface area contributed by atoms with Crippen LogP contribution in [-0.2, 0) is 5.41 Å². The summed E-state index contributed by atoms with van der Waals surface area (Å²) >= 11 is 0. The molecule has 0 aromatic heterocycles. The number of aryl methyl sites for hydroxylation is 1. The van der Waals surface area contributed by atoms with Gasteiger partial charge in [-0.1, -0.05) is 32.9 Å². The van der Waals surface area contributed by atoms with E-state index >= 15 is 0 Å². The smallest absolute Gasteiger partial charge is 0.129 e. The Balaban J connectivity index is 2.63. The molecular formula is C14H20O2. The van der Waals surface area contributed by atoms with E-state index < -0.39 is 0 Å². The minimum atomic E-state index is -0.369. The molecule has 0 fully saturated rings. The van der Waals surface area contributed by atoms with Gasteiger partial charge in [-0.3, -0.25) is 0 Å². The third kappa shape index (κ3) is 1.82. The monoisotopic (exact) mass is 220 g/mol. The predicted molar refractivity (Wildman–Crippen MR) is 65.0 cm³/mol. The summed E-state index contributed by atoms with van der Waals surface area (Å²) in [7, 11) is 0. The molecule has 1 atom stereocenters. The van der Waals surface area contributed by atoms with Crippen LogP contribution in [0.5, 0.6) is 5.75 Å². The molecule has 0 aliphatic carbocycles. The maximum absolute atomic E-state index is 10.1. The van der Waals surface area contributed by atoms with Crippen molar-refractivity contribution in [1.29, 1.82) is 0 Å². The quantitative estimate of drug-likeness (QED) is 0.728. The molecule has 0 bridgehead atoms. The molecule has 1 N–H and O–H groups in total. The fraction of sp³-hybridized carbons (Fsp3) is 0.571. The summed E-state index contributed by atoms with van der Waals surface area (Å²) in [6, 6.07) is 4.20. The van der Waals surface area contributed by atoms with Crippen LogP contribution >= 0.6 is 0 Å². The number of rotatable bonds is 0. The fourth-order valence-electron chi connectivity index (χ4n) is 2.28. The van der Waals surface area contributed by atoms with Gasteiger partial charge < -0.3 is 9.84 Å². The second-order valence-corrected chi connectivity index (χ2v) is 5.58. The van der Waals surface area contributed by atoms with Crippen molar-refractivity contribution in [1.82, 2.24) is 0 Å². The zero-order chi connectivity index (χ0) is 11.9. The van der Waals surface area contributed by atoms with Crippen molar-refractivity contribution in [2.24, 2.45) is 0 Å². The van der Waals surface area contributed by atoms with Gasteiger partial charge in [-0.25, -0.2) is 0 Å². The van der Waals surface area contributed by atoms with E-state index in [9.17, 15) is 5.11 Å². The highest BCUT2D eigenvalue weighted by Crippen LogP contribution is 2.41. The summed E-state index contributed by atoms with van der Waals surface area (Å²) in [4.78, 5) is 0. The summed E-state index contributed by atoms with van der Waals surface area (Å²) < 4.78 is 5.77. The van der Waals surface area contributed by atoms with Crippen molar-refractivity contribution in [2.45, 2.75) is 45.6 Å². The van der Waals surface area contributed by atoms with Gasteiger partial charge in [-0.2, -0.15) is 0 Å². The van der Waals surface area contributed by atoms with Crippen LogP contribution in [0.1, 0.15) is 50.0 Å². The van der Waals surface area contributed by atoms with Gasteiger partial charge in [0.2, 0.25) is 0 Å². The highest BCUT2D eigenvalue weighted by molar-refractivity contribution is 5.51. The van der Waals surface area contributed by atoms with Crippen LogP contribution in [0.15, 0.2) is 12.1 Å². The van der Waals surface area contributed by atoms with Gasteiger partial charge in [0.05, 0.1) is 12.7 Å². The minimum Gasteiger partial charge on any atom is -0.493 e. The third-order valence-corrected chi connectivity index (χ3v) is 3.19. The molecular weight excluding hydrogens is 200 g/mol. The Hall–Kier alpha value is -1.02. The van der Waals surface area contributed by atoms with E-state index in [0.717, 1.165) is 16.9 Å². The highest BCUT2D eigenvalue weighted by Gasteiger charge is 2.28. The SMILES string of the molecule is Cc1ccc(C(C)(C)C)c2c1C(O)CCO2. The molecule has 88 valence electrons. The second kappa shape index (κ2) is 3.77. The molecule has 2 rings (SSSR count).